The molecule has 0 saturated heterocycles. The minimum atomic E-state index is -0.905. The minimum absolute atomic E-state index is 0.0450. The Hall–Kier alpha value is -1.35. The molecular formula is C11H14O3. The maximum Gasteiger partial charge on any atom is 0.335 e. The summed E-state index contributed by atoms with van der Waals surface area (Å²) in [6.45, 7) is 1.95. The van der Waals surface area contributed by atoms with E-state index in [1.807, 2.05) is 6.92 Å². The monoisotopic (exact) mass is 194 g/mol. The third-order valence-corrected chi connectivity index (χ3v) is 2.10. The largest absolute Gasteiger partial charge is 0.478 e. The number of rotatable bonds is 4. The third kappa shape index (κ3) is 2.33. The first kappa shape index (κ1) is 10.7. The molecule has 0 atom stereocenters. The minimum Gasteiger partial charge on any atom is -0.478 e. The second-order valence-electron chi connectivity index (χ2n) is 3.20. The van der Waals surface area contributed by atoms with Crippen molar-refractivity contribution in [3.8, 4) is 0 Å². The van der Waals surface area contributed by atoms with Gasteiger partial charge >= 0.3 is 5.97 Å². The zero-order chi connectivity index (χ0) is 10.6. The summed E-state index contributed by atoms with van der Waals surface area (Å²) in [5.74, 6) is -0.905. The van der Waals surface area contributed by atoms with Crippen LogP contribution in [0.25, 0.3) is 0 Å². The molecular weight excluding hydrogens is 180 g/mol. The van der Waals surface area contributed by atoms with E-state index >= 15 is 0 Å². The van der Waals surface area contributed by atoms with E-state index in [0.717, 1.165) is 24.0 Å². The number of aryl methyl sites for hydroxylation is 1. The molecule has 3 heteroatoms. The van der Waals surface area contributed by atoms with Crippen LogP contribution in [-0.4, -0.2) is 16.2 Å². The molecule has 0 aliphatic carbocycles. The van der Waals surface area contributed by atoms with Crippen molar-refractivity contribution in [2.24, 2.45) is 0 Å². The summed E-state index contributed by atoms with van der Waals surface area (Å²) in [7, 11) is 0. The number of benzene rings is 1. The van der Waals surface area contributed by atoms with Crippen molar-refractivity contribution in [2.45, 2.75) is 26.4 Å². The van der Waals surface area contributed by atoms with Gasteiger partial charge in [0.05, 0.1) is 12.2 Å². The topological polar surface area (TPSA) is 57.5 Å². The molecule has 0 amide bonds. The van der Waals surface area contributed by atoms with Gasteiger partial charge in [-0.3, -0.25) is 0 Å². The lowest BCUT2D eigenvalue weighted by Gasteiger charge is -2.06. The Labute approximate surface area is 83.0 Å². The molecule has 1 aromatic carbocycles. The van der Waals surface area contributed by atoms with E-state index in [0.29, 0.717) is 5.56 Å². The molecule has 0 spiro atoms. The Kier molecular flexibility index (Phi) is 3.65. The molecule has 0 saturated carbocycles. The molecule has 0 aromatic heterocycles. The van der Waals surface area contributed by atoms with Crippen LogP contribution in [0.1, 0.15) is 34.8 Å². The van der Waals surface area contributed by atoms with Crippen LogP contribution in [0.5, 0.6) is 0 Å². The fourth-order valence-electron chi connectivity index (χ4n) is 1.43. The highest BCUT2D eigenvalue weighted by molar-refractivity contribution is 5.89. The molecule has 0 radical (unpaired) electrons. The van der Waals surface area contributed by atoms with Gasteiger partial charge < -0.3 is 10.2 Å². The molecule has 14 heavy (non-hydrogen) atoms. The Morgan fingerprint density at radius 2 is 2.14 bits per heavy atom. The number of aliphatic hydroxyl groups excluding tert-OH is 1. The fourth-order valence-corrected chi connectivity index (χ4v) is 1.43. The van der Waals surface area contributed by atoms with Crippen molar-refractivity contribution >= 4 is 5.97 Å². The number of carboxylic acids is 1. The molecule has 0 aliphatic heterocycles. The Balaban J connectivity index is 3.10. The van der Waals surface area contributed by atoms with Crippen molar-refractivity contribution in [1.82, 2.24) is 0 Å². The van der Waals surface area contributed by atoms with Gasteiger partial charge in [0.2, 0.25) is 0 Å². The smallest absolute Gasteiger partial charge is 0.335 e. The second-order valence-corrected chi connectivity index (χ2v) is 3.20. The van der Waals surface area contributed by atoms with Crippen LogP contribution in [0.4, 0.5) is 0 Å². The molecule has 0 fully saturated rings. The molecule has 1 rings (SSSR count). The van der Waals surface area contributed by atoms with Gasteiger partial charge in [-0.15, -0.1) is 0 Å². The number of aromatic carboxylic acids is 1. The van der Waals surface area contributed by atoms with E-state index in [-0.39, 0.29) is 6.61 Å². The van der Waals surface area contributed by atoms with Gasteiger partial charge in [0.15, 0.2) is 0 Å². The molecule has 0 aliphatic rings. The van der Waals surface area contributed by atoms with E-state index in [9.17, 15) is 4.79 Å². The Morgan fingerprint density at radius 3 is 2.64 bits per heavy atom. The molecule has 0 bridgehead atoms. The number of carbonyl (C=O) groups is 1. The highest BCUT2D eigenvalue weighted by Gasteiger charge is 2.09. The molecule has 76 valence electrons. The van der Waals surface area contributed by atoms with Crippen molar-refractivity contribution in [1.29, 1.82) is 0 Å². The van der Waals surface area contributed by atoms with Gasteiger partial charge in [-0.2, -0.15) is 0 Å². The van der Waals surface area contributed by atoms with Crippen LogP contribution in [-0.2, 0) is 13.0 Å². The van der Waals surface area contributed by atoms with E-state index < -0.39 is 5.97 Å². The van der Waals surface area contributed by atoms with Crippen LogP contribution in [0, 0.1) is 0 Å². The average molecular weight is 194 g/mol. The van der Waals surface area contributed by atoms with E-state index in [1.165, 1.54) is 0 Å². The summed E-state index contributed by atoms with van der Waals surface area (Å²) in [4.78, 5) is 10.8. The Bertz CT molecular complexity index is 331. The van der Waals surface area contributed by atoms with E-state index in [1.54, 1.807) is 18.2 Å². The van der Waals surface area contributed by atoms with Gasteiger partial charge in [-0.25, -0.2) is 4.79 Å². The molecule has 1 aromatic rings. The number of hydrogen-bond acceptors (Lipinski definition) is 2. The van der Waals surface area contributed by atoms with E-state index in [2.05, 4.69) is 0 Å². The summed E-state index contributed by atoms with van der Waals surface area (Å²) in [5, 5.41) is 17.8. The summed E-state index contributed by atoms with van der Waals surface area (Å²) in [5.41, 5.74) is 1.90. The first-order valence-corrected chi connectivity index (χ1v) is 4.65. The summed E-state index contributed by atoms with van der Waals surface area (Å²) in [6.07, 6.45) is 1.63. The number of carboxylic acid groups (broad SMARTS) is 1. The van der Waals surface area contributed by atoms with Crippen molar-refractivity contribution in [3.05, 3.63) is 34.9 Å². The lowest BCUT2D eigenvalue weighted by Crippen LogP contribution is -2.03. The van der Waals surface area contributed by atoms with Crippen LogP contribution in [0.3, 0.4) is 0 Å². The molecule has 2 N–H and O–H groups in total. The molecule has 0 unspecified atom stereocenters. The second kappa shape index (κ2) is 4.77. The van der Waals surface area contributed by atoms with Gasteiger partial charge in [0, 0.05) is 0 Å². The average Bonchev–Trinajstić information content (AvgIpc) is 2.17. The summed E-state index contributed by atoms with van der Waals surface area (Å²) >= 11 is 0. The zero-order valence-electron chi connectivity index (χ0n) is 8.16. The van der Waals surface area contributed by atoms with Gasteiger partial charge in [-0.1, -0.05) is 25.5 Å². The van der Waals surface area contributed by atoms with E-state index in [4.69, 9.17) is 10.2 Å². The quantitative estimate of drug-likeness (QED) is 0.768. The lowest BCUT2D eigenvalue weighted by molar-refractivity contribution is 0.0695. The SMILES string of the molecule is CCCc1cc(CO)ccc1C(=O)O. The molecule has 3 nitrogen and oxygen atoms in total. The summed E-state index contributed by atoms with van der Waals surface area (Å²) < 4.78 is 0. The Morgan fingerprint density at radius 1 is 1.43 bits per heavy atom. The van der Waals surface area contributed by atoms with Crippen molar-refractivity contribution < 1.29 is 15.0 Å². The highest BCUT2D eigenvalue weighted by Crippen LogP contribution is 2.14. The van der Waals surface area contributed by atoms with Crippen molar-refractivity contribution in [3.63, 3.8) is 0 Å². The van der Waals surface area contributed by atoms with Gasteiger partial charge in [0.1, 0.15) is 0 Å². The maximum atomic E-state index is 10.8. The third-order valence-electron chi connectivity index (χ3n) is 2.10. The molecule has 0 heterocycles. The normalized spacial score (nSPS) is 10.1. The van der Waals surface area contributed by atoms with Gasteiger partial charge in [-0.05, 0) is 23.6 Å². The predicted molar refractivity (Wildman–Crippen MR) is 53.3 cm³/mol. The van der Waals surface area contributed by atoms with Crippen molar-refractivity contribution in [2.75, 3.05) is 0 Å². The zero-order valence-corrected chi connectivity index (χ0v) is 8.16. The first-order valence-electron chi connectivity index (χ1n) is 4.65. The fraction of sp³-hybridized carbons (Fsp3) is 0.364. The predicted octanol–water partition coefficient (Wildman–Crippen LogP) is 1.83. The van der Waals surface area contributed by atoms with Gasteiger partial charge in [0.25, 0.3) is 0 Å². The number of hydrogen-bond donors (Lipinski definition) is 2. The first-order chi connectivity index (χ1) is 6.69. The maximum absolute atomic E-state index is 10.8. The number of aliphatic hydroxyl groups is 1. The summed E-state index contributed by atoms with van der Waals surface area (Å²) in [6, 6.07) is 4.95. The van der Waals surface area contributed by atoms with Crippen LogP contribution in [0.2, 0.25) is 0 Å². The van der Waals surface area contributed by atoms with Crippen LogP contribution < -0.4 is 0 Å². The van der Waals surface area contributed by atoms with Crippen LogP contribution in [0.15, 0.2) is 18.2 Å². The van der Waals surface area contributed by atoms with Crippen LogP contribution >= 0.6 is 0 Å². The lowest BCUT2D eigenvalue weighted by atomic mass is 10.0. The highest BCUT2D eigenvalue weighted by atomic mass is 16.4. The standard InChI is InChI=1S/C11H14O3/c1-2-3-9-6-8(7-12)4-5-10(9)11(13)14/h4-6,12H,2-3,7H2,1H3,(H,13,14).